The molecule has 0 saturated heterocycles. The van der Waals surface area contributed by atoms with Crippen LogP contribution in [0.4, 0.5) is 5.00 Å². The van der Waals surface area contributed by atoms with E-state index in [0.29, 0.717) is 22.7 Å². The van der Waals surface area contributed by atoms with E-state index in [1.54, 1.807) is 6.92 Å². The van der Waals surface area contributed by atoms with Crippen LogP contribution in [0.15, 0.2) is 42.5 Å². The van der Waals surface area contributed by atoms with Crippen LogP contribution in [0.3, 0.4) is 0 Å². The molecule has 1 aliphatic rings. The second kappa shape index (κ2) is 8.95. The standard InChI is InChI=1S/C22H22N2O3S.ClH/c1-3-27-22(26)19-17-11-12-24(2)13-18(17)28-21(19)23-20(25)16-10-6-8-14-7-4-5-9-15(14)16;/h4-10H,3,11-13H2,1-2H3,(H,23,25);1H. The van der Waals surface area contributed by atoms with Crippen LogP contribution in [-0.4, -0.2) is 37.0 Å². The summed E-state index contributed by atoms with van der Waals surface area (Å²) in [5.41, 5.74) is 2.12. The molecule has 2 aromatic carbocycles. The van der Waals surface area contributed by atoms with E-state index in [-0.39, 0.29) is 24.3 Å². The van der Waals surface area contributed by atoms with Crippen LogP contribution in [0.1, 0.15) is 38.1 Å². The van der Waals surface area contributed by atoms with Crippen LogP contribution in [0.2, 0.25) is 0 Å². The van der Waals surface area contributed by atoms with Gasteiger partial charge in [0.1, 0.15) is 5.00 Å². The molecule has 152 valence electrons. The lowest BCUT2D eigenvalue weighted by Gasteiger charge is -2.22. The minimum absolute atomic E-state index is 0. The molecule has 1 aromatic heterocycles. The summed E-state index contributed by atoms with van der Waals surface area (Å²) in [6, 6.07) is 13.5. The van der Waals surface area contributed by atoms with Crippen molar-refractivity contribution in [1.29, 1.82) is 0 Å². The summed E-state index contributed by atoms with van der Waals surface area (Å²) >= 11 is 1.47. The fourth-order valence-electron chi connectivity index (χ4n) is 3.63. The highest BCUT2D eigenvalue weighted by Gasteiger charge is 2.29. The minimum atomic E-state index is -0.363. The molecule has 0 spiro atoms. The second-order valence-electron chi connectivity index (χ2n) is 6.90. The van der Waals surface area contributed by atoms with Crippen molar-refractivity contribution in [3.05, 3.63) is 64.0 Å². The van der Waals surface area contributed by atoms with Gasteiger partial charge in [-0.1, -0.05) is 36.4 Å². The van der Waals surface area contributed by atoms with Crippen molar-refractivity contribution in [2.24, 2.45) is 0 Å². The van der Waals surface area contributed by atoms with E-state index in [0.717, 1.165) is 40.7 Å². The summed E-state index contributed by atoms with van der Waals surface area (Å²) < 4.78 is 5.28. The van der Waals surface area contributed by atoms with Gasteiger partial charge in [-0.05, 0) is 42.8 Å². The molecule has 0 aliphatic carbocycles. The molecule has 7 heteroatoms. The highest BCUT2D eigenvalue weighted by molar-refractivity contribution is 7.17. The first-order valence-corrected chi connectivity index (χ1v) is 10.2. The molecule has 0 radical (unpaired) electrons. The fourth-order valence-corrected chi connectivity index (χ4v) is 4.94. The molecular weight excluding hydrogens is 408 g/mol. The van der Waals surface area contributed by atoms with Gasteiger partial charge < -0.3 is 15.0 Å². The van der Waals surface area contributed by atoms with E-state index >= 15 is 0 Å². The molecule has 0 atom stereocenters. The molecule has 1 N–H and O–H groups in total. The molecule has 0 fully saturated rings. The van der Waals surface area contributed by atoms with Gasteiger partial charge in [0.15, 0.2) is 0 Å². The van der Waals surface area contributed by atoms with Crippen molar-refractivity contribution in [3.8, 4) is 0 Å². The summed E-state index contributed by atoms with van der Waals surface area (Å²) in [6.45, 7) is 3.75. The van der Waals surface area contributed by atoms with Crippen LogP contribution in [0.25, 0.3) is 10.8 Å². The summed E-state index contributed by atoms with van der Waals surface area (Å²) in [5.74, 6) is -0.577. The number of hydrogen-bond acceptors (Lipinski definition) is 5. The number of benzene rings is 2. The number of thiophene rings is 1. The van der Waals surface area contributed by atoms with Crippen LogP contribution in [0, 0.1) is 0 Å². The first kappa shape index (κ1) is 21.3. The van der Waals surface area contributed by atoms with Crippen molar-refractivity contribution >= 4 is 51.4 Å². The van der Waals surface area contributed by atoms with Crippen molar-refractivity contribution in [3.63, 3.8) is 0 Å². The third-order valence-corrected chi connectivity index (χ3v) is 6.12. The quantitative estimate of drug-likeness (QED) is 0.607. The lowest BCUT2D eigenvalue weighted by Crippen LogP contribution is -2.26. The van der Waals surface area contributed by atoms with Gasteiger partial charge in [0.2, 0.25) is 0 Å². The number of nitrogens with zero attached hydrogens (tertiary/aromatic N) is 1. The lowest BCUT2D eigenvalue weighted by atomic mass is 10.0. The molecule has 2 heterocycles. The predicted octanol–water partition coefficient (Wildman–Crippen LogP) is 4.74. The molecule has 0 unspecified atom stereocenters. The molecule has 1 amide bonds. The van der Waals surface area contributed by atoms with Gasteiger partial charge in [-0.3, -0.25) is 4.79 Å². The van der Waals surface area contributed by atoms with Gasteiger partial charge in [-0.15, -0.1) is 23.7 Å². The number of rotatable bonds is 4. The van der Waals surface area contributed by atoms with E-state index in [1.165, 1.54) is 11.3 Å². The predicted molar refractivity (Wildman–Crippen MR) is 119 cm³/mol. The van der Waals surface area contributed by atoms with Gasteiger partial charge in [0.05, 0.1) is 12.2 Å². The lowest BCUT2D eigenvalue weighted by molar-refractivity contribution is 0.0526. The highest BCUT2D eigenvalue weighted by atomic mass is 35.5. The molecule has 5 nitrogen and oxygen atoms in total. The Morgan fingerprint density at radius 2 is 1.93 bits per heavy atom. The number of carbonyl (C=O) groups is 2. The minimum Gasteiger partial charge on any atom is -0.462 e. The fraction of sp³-hybridized carbons (Fsp3) is 0.273. The summed E-state index contributed by atoms with van der Waals surface area (Å²) in [7, 11) is 2.06. The zero-order valence-corrected chi connectivity index (χ0v) is 18.0. The average molecular weight is 431 g/mol. The Bertz CT molecular complexity index is 1060. The van der Waals surface area contributed by atoms with Crippen molar-refractivity contribution < 1.29 is 14.3 Å². The zero-order chi connectivity index (χ0) is 19.7. The number of hydrogen-bond donors (Lipinski definition) is 1. The topological polar surface area (TPSA) is 58.6 Å². The monoisotopic (exact) mass is 430 g/mol. The molecule has 1 aliphatic heterocycles. The van der Waals surface area contributed by atoms with Crippen molar-refractivity contribution in [2.75, 3.05) is 25.5 Å². The first-order valence-electron chi connectivity index (χ1n) is 9.37. The third kappa shape index (κ3) is 4.15. The third-order valence-electron chi connectivity index (χ3n) is 4.99. The van der Waals surface area contributed by atoms with Crippen molar-refractivity contribution in [1.82, 2.24) is 4.90 Å². The van der Waals surface area contributed by atoms with E-state index < -0.39 is 0 Å². The van der Waals surface area contributed by atoms with Gasteiger partial charge in [0, 0.05) is 23.5 Å². The Balaban J connectivity index is 0.00000240. The maximum absolute atomic E-state index is 13.1. The number of carbonyl (C=O) groups excluding carboxylic acids is 2. The van der Waals surface area contributed by atoms with E-state index in [2.05, 4.69) is 17.3 Å². The second-order valence-corrected chi connectivity index (χ2v) is 8.00. The molecule has 4 rings (SSSR count). The Morgan fingerprint density at radius 1 is 1.17 bits per heavy atom. The van der Waals surface area contributed by atoms with Gasteiger partial charge in [-0.2, -0.15) is 0 Å². The normalized spacial score (nSPS) is 13.4. The molecule has 3 aromatic rings. The zero-order valence-electron chi connectivity index (χ0n) is 16.4. The maximum Gasteiger partial charge on any atom is 0.341 e. The molecule has 29 heavy (non-hydrogen) atoms. The largest absolute Gasteiger partial charge is 0.462 e. The smallest absolute Gasteiger partial charge is 0.341 e. The number of nitrogens with one attached hydrogen (secondary N) is 1. The number of fused-ring (bicyclic) bond motifs is 2. The number of halogens is 1. The van der Waals surface area contributed by atoms with Crippen LogP contribution < -0.4 is 5.32 Å². The van der Waals surface area contributed by atoms with Gasteiger partial charge in [0.25, 0.3) is 5.91 Å². The number of amides is 1. The summed E-state index contributed by atoms with van der Waals surface area (Å²) in [5, 5.41) is 5.47. The number of likely N-dealkylation sites (N-methyl/N-ethyl adjacent to an activating group) is 1. The van der Waals surface area contributed by atoms with Crippen LogP contribution >= 0.6 is 23.7 Å². The Morgan fingerprint density at radius 3 is 2.72 bits per heavy atom. The Kier molecular flexibility index (Phi) is 6.57. The summed E-state index contributed by atoms with van der Waals surface area (Å²) in [6.07, 6.45) is 0.778. The van der Waals surface area contributed by atoms with E-state index in [1.807, 2.05) is 42.5 Å². The Labute approximate surface area is 180 Å². The van der Waals surface area contributed by atoms with Gasteiger partial charge in [-0.25, -0.2) is 4.79 Å². The summed E-state index contributed by atoms with van der Waals surface area (Å²) in [4.78, 5) is 29.0. The molecule has 0 bridgehead atoms. The van der Waals surface area contributed by atoms with E-state index in [4.69, 9.17) is 4.74 Å². The average Bonchev–Trinajstić information content (AvgIpc) is 3.04. The number of ether oxygens (including phenoxy) is 1. The number of esters is 1. The van der Waals surface area contributed by atoms with Crippen molar-refractivity contribution in [2.45, 2.75) is 19.9 Å². The van der Waals surface area contributed by atoms with Crippen LogP contribution in [0.5, 0.6) is 0 Å². The SMILES string of the molecule is CCOC(=O)c1c(NC(=O)c2cccc3ccccc23)sc2c1CCN(C)C2.Cl. The van der Waals surface area contributed by atoms with Crippen LogP contribution in [-0.2, 0) is 17.7 Å². The molecule has 0 saturated carbocycles. The van der Waals surface area contributed by atoms with Gasteiger partial charge >= 0.3 is 5.97 Å². The van der Waals surface area contributed by atoms with E-state index in [9.17, 15) is 9.59 Å². The molecular formula is C22H23ClN2O3S. The first-order chi connectivity index (χ1) is 13.6. The highest BCUT2D eigenvalue weighted by Crippen LogP contribution is 2.37. The number of anilines is 1. The maximum atomic E-state index is 13.1. The Hall–Kier alpha value is -2.41.